The Morgan fingerprint density at radius 3 is 2.42 bits per heavy atom. The van der Waals surface area contributed by atoms with Crippen molar-refractivity contribution in [1.29, 1.82) is 0 Å². The Morgan fingerprint density at radius 2 is 1.77 bits per heavy atom. The molecule has 4 aromatic rings. The van der Waals surface area contributed by atoms with E-state index < -0.39 is 32.2 Å². The second-order valence-corrected chi connectivity index (χ2v) is 10.8. The van der Waals surface area contributed by atoms with Crippen molar-refractivity contribution in [2.45, 2.75) is 39.0 Å². The van der Waals surface area contributed by atoms with Crippen LogP contribution in [0.25, 0.3) is 11.3 Å². The largest absolute Gasteiger partial charge is 0.491 e. The molecule has 4 rings (SSSR count). The minimum absolute atomic E-state index is 0.102. The van der Waals surface area contributed by atoms with Gasteiger partial charge in [0.25, 0.3) is 21.5 Å². The van der Waals surface area contributed by atoms with Crippen LogP contribution in [0.2, 0.25) is 0 Å². The quantitative estimate of drug-likeness (QED) is 0.286. The minimum Gasteiger partial charge on any atom is -0.491 e. The van der Waals surface area contributed by atoms with Crippen molar-refractivity contribution in [2.75, 3.05) is 6.61 Å². The van der Waals surface area contributed by atoms with Gasteiger partial charge in [0, 0.05) is 11.8 Å². The van der Waals surface area contributed by atoms with E-state index in [0.717, 1.165) is 29.2 Å². The van der Waals surface area contributed by atoms with Crippen molar-refractivity contribution < 1.29 is 27.1 Å². The zero-order valence-corrected chi connectivity index (χ0v) is 23.2. The number of ether oxygens (including phenoxy) is 2. The highest BCUT2D eigenvalue weighted by Crippen LogP contribution is 2.33. The van der Waals surface area contributed by atoms with E-state index in [4.69, 9.17) is 9.47 Å². The first-order chi connectivity index (χ1) is 19.0. The number of carbonyl (C=O) groups is 1. The monoisotopic (exact) mass is 565 g/mol. The summed E-state index contributed by atoms with van der Waals surface area (Å²) < 4.78 is 53.7. The van der Waals surface area contributed by atoms with Gasteiger partial charge >= 0.3 is 0 Å². The molecule has 2 N–H and O–H groups in total. The normalized spacial score (nSPS) is 11.2. The number of nitrogens with zero attached hydrogens (tertiary/aromatic N) is 1. The Balaban J connectivity index is 1.77. The summed E-state index contributed by atoms with van der Waals surface area (Å²) in [6.07, 6.45) is 1.99. The molecule has 9 nitrogen and oxygen atoms in total. The maximum Gasteiger partial charge on any atom is 0.270 e. The molecule has 0 aliphatic heterocycles. The van der Waals surface area contributed by atoms with Crippen LogP contribution in [0, 0.1) is 26.6 Å². The lowest BCUT2D eigenvalue weighted by Crippen LogP contribution is -2.34. The van der Waals surface area contributed by atoms with Gasteiger partial charge in [-0.25, -0.2) is 22.5 Å². The number of pyridine rings is 2. The lowest BCUT2D eigenvalue weighted by atomic mass is 10.1. The van der Waals surface area contributed by atoms with Gasteiger partial charge in [-0.1, -0.05) is 24.6 Å². The van der Waals surface area contributed by atoms with Crippen molar-refractivity contribution in [1.82, 2.24) is 14.7 Å². The van der Waals surface area contributed by atoms with Crippen LogP contribution < -0.4 is 19.8 Å². The lowest BCUT2D eigenvalue weighted by molar-refractivity contribution is 0.0978. The van der Waals surface area contributed by atoms with Gasteiger partial charge in [-0.05, 0) is 80.8 Å². The maximum absolute atomic E-state index is 14.7. The summed E-state index contributed by atoms with van der Waals surface area (Å²) in [6.45, 7) is 7.87. The van der Waals surface area contributed by atoms with Crippen molar-refractivity contribution in [3.63, 3.8) is 0 Å². The molecule has 0 aliphatic rings. The fraction of sp³-hybridized carbons (Fsp3) is 0.207. The molecule has 0 spiro atoms. The molecule has 2 aromatic carbocycles. The molecule has 11 heteroatoms. The summed E-state index contributed by atoms with van der Waals surface area (Å²) in [6, 6.07) is 13.3. The first-order valence-corrected chi connectivity index (χ1v) is 13.9. The molecule has 40 heavy (non-hydrogen) atoms. The second kappa shape index (κ2) is 11.7. The topological polar surface area (TPSA) is 127 Å². The predicted octanol–water partition coefficient (Wildman–Crippen LogP) is 5.20. The molecule has 0 saturated heterocycles. The number of aryl methyl sites for hydroxylation is 3. The van der Waals surface area contributed by atoms with Gasteiger partial charge in [-0.3, -0.25) is 9.59 Å². The SMILES string of the molecule is CCCOc1ccc(-c2ccc(C(=O)NS(=O)(=O)c3ccc[nH]c3=O)c(Oc3c(C)cc(C)cc3C)n2)cc1F. The van der Waals surface area contributed by atoms with E-state index in [-0.39, 0.29) is 22.9 Å². The van der Waals surface area contributed by atoms with Crippen LogP contribution in [-0.4, -0.2) is 30.9 Å². The summed E-state index contributed by atoms with van der Waals surface area (Å²) in [5.74, 6) is -1.31. The molecule has 0 unspecified atom stereocenters. The Bertz CT molecular complexity index is 1730. The second-order valence-electron chi connectivity index (χ2n) is 9.17. The number of H-pyrrole nitrogens is 1. The number of carbonyl (C=O) groups excluding carboxylic acids is 1. The number of benzene rings is 2. The van der Waals surface area contributed by atoms with Crippen LogP contribution >= 0.6 is 0 Å². The molecule has 0 atom stereocenters. The van der Waals surface area contributed by atoms with E-state index in [1.54, 1.807) is 6.07 Å². The average Bonchev–Trinajstić information content (AvgIpc) is 2.89. The highest BCUT2D eigenvalue weighted by molar-refractivity contribution is 7.90. The zero-order chi connectivity index (χ0) is 29.0. The molecule has 0 radical (unpaired) electrons. The molecule has 208 valence electrons. The molecule has 1 amide bonds. The van der Waals surface area contributed by atoms with Gasteiger partial charge in [-0.15, -0.1) is 0 Å². The fourth-order valence-electron chi connectivity index (χ4n) is 4.12. The van der Waals surface area contributed by atoms with Crippen LogP contribution in [0.3, 0.4) is 0 Å². The number of rotatable bonds is 9. The third-order valence-electron chi connectivity index (χ3n) is 5.90. The van der Waals surface area contributed by atoms with E-state index >= 15 is 0 Å². The van der Waals surface area contributed by atoms with Crippen LogP contribution in [0.1, 0.15) is 40.4 Å². The number of nitrogens with one attached hydrogen (secondary N) is 2. The Morgan fingerprint density at radius 1 is 1.05 bits per heavy atom. The smallest absolute Gasteiger partial charge is 0.270 e. The Kier molecular flexibility index (Phi) is 8.34. The zero-order valence-electron chi connectivity index (χ0n) is 22.4. The van der Waals surface area contributed by atoms with Crippen LogP contribution in [-0.2, 0) is 10.0 Å². The average molecular weight is 566 g/mol. The van der Waals surface area contributed by atoms with Crippen LogP contribution in [0.5, 0.6) is 17.4 Å². The number of hydrogen-bond acceptors (Lipinski definition) is 7. The summed E-state index contributed by atoms with van der Waals surface area (Å²) >= 11 is 0. The van der Waals surface area contributed by atoms with Crippen LogP contribution in [0.4, 0.5) is 4.39 Å². The van der Waals surface area contributed by atoms with Gasteiger partial charge in [0.05, 0.1) is 12.3 Å². The number of aromatic amines is 1. The summed E-state index contributed by atoms with van der Waals surface area (Å²) in [4.78, 5) is 31.4. The Labute approximate surface area is 231 Å². The third kappa shape index (κ3) is 6.20. The first-order valence-electron chi connectivity index (χ1n) is 12.4. The Hall–Kier alpha value is -4.51. The maximum atomic E-state index is 14.7. The molecule has 0 bridgehead atoms. The van der Waals surface area contributed by atoms with Gasteiger partial charge in [0.1, 0.15) is 11.3 Å². The van der Waals surface area contributed by atoms with E-state index in [0.29, 0.717) is 17.9 Å². The highest BCUT2D eigenvalue weighted by Gasteiger charge is 2.25. The third-order valence-corrected chi connectivity index (χ3v) is 7.25. The van der Waals surface area contributed by atoms with Crippen molar-refractivity contribution in [3.05, 3.63) is 99.2 Å². The fourth-order valence-corrected chi connectivity index (χ4v) is 5.14. The van der Waals surface area contributed by atoms with Gasteiger partial charge in [0.15, 0.2) is 16.5 Å². The van der Waals surface area contributed by atoms with Gasteiger partial charge in [0.2, 0.25) is 5.88 Å². The van der Waals surface area contributed by atoms with Gasteiger partial charge < -0.3 is 14.5 Å². The van der Waals surface area contributed by atoms with E-state index in [9.17, 15) is 22.4 Å². The highest BCUT2D eigenvalue weighted by atomic mass is 32.2. The standard InChI is InChI=1S/C29H28FN3O6S/c1-5-13-38-24-11-8-20(16-22(24)30)23-10-9-21(27(34)33-40(36,37)25-7-6-12-31-28(25)35)29(32-23)39-26-18(3)14-17(2)15-19(26)4/h6-12,14-16H,5,13H2,1-4H3,(H,31,35)(H,33,34). The number of amides is 1. The number of halogens is 1. The summed E-state index contributed by atoms with van der Waals surface area (Å²) in [7, 11) is -4.52. The first kappa shape index (κ1) is 28.5. The summed E-state index contributed by atoms with van der Waals surface area (Å²) in [5, 5.41) is 0. The van der Waals surface area contributed by atoms with Crippen LogP contribution in [0.15, 0.2) is 70.5 Å². The molecular weight excluding hydrogens is 537 g/mol. The van der Waals surface area contributed by atoms with E-state index in [1.807, 2.05) is 44.5 Å². The molecular formula is C29H28FN3O6S. The van der Waals surface area contributed by atoms with E-state index in [1.165, 1.54) is 36.5 Å². The number of sulfonamides is 1. The number of hydrogen-bond donors (Lipinski definition) is 2. The molecule has 2 heterocycles. The molecule has 0 aliphatic carbocycles. The molecule has 0 fully saturated rings. The van der Waals surface area contributed by atoms with E-state index in [2.05, 4.69) is 9.97 Å². The van der Waals surface area contributed by atoms with Gasteiger partial charge in [-0.2, -0.15) is 0 Å². The lowest BCUT2D eigenvalue weighted by Gasteiger charge is -2.16. The molecule has 2 aromatic heterocycles. The minimum atomic E-state index is -4.52. The molecule has 0 saturated carbocycles. The summed E-state index contributed by atoms with van der Waals surface area (Å²) in [5.41, 5.74) is 2.11. The van der Waals surface area contributed by atoms with Crippen molar-refractivity contribution in [3.8, 4) is 28.6 Å². The predicted molar refractivity (Wildman–Crippen MR) is 148 cm³/mol. The van der Waals surface area contributed by atoms with Crippen molar-refractivity contribution in [2.24, 2.45) is 0 Å². The number of aromatic nitrogens is 2. The van der Waals surface area contributed by atoms with Crippen molar-refractivity contribution >= 4 is 15.9 Å².